The summed E-state index contributed by atoms with van der Waals surface area (Å²) in [5, 5.41) is 20.5. The van der Waals surface area contributed by atoms with Crippen LogP contribution in [0.2, 0.25) is 0 Å². The Morgan fingerprint density at radius 3 is 1.50 bits per heavy atom. The zero-order valence-corrected chi connectivity index (χ0v) is 69.9. The van der Waals surface area contributed by atoms with Crippen LogP contribution < -0.4 is 19.6 Å². The lowest BCUT2D eigenvalue weighted by Gasteiger charge is -2.35. The fourth-order valence-corrected chi connectivity index (χ4v) is 19.2. The van der Waals surface area contributed by atoms with Crippen molar-refractivity contribution in [2.75, 3.05) is 58.9 Å². The average Bonchev–Trinajstić information content (AvgIpc) is 1.60. The topological polar surface area (TPSA) is 162 Å². The zero-order valence-electron chi connectivity index (χ0n) is 66.7. The number of amides is 2. The van der Waals surface area contributed by atoms with Gasteiger partial charge in [-0.3, -0.25) is 38.6 Å². The first-order valence-corrected chi connectivity index (χ1v) is 41.0. The Balaban J connectivity index is 0.819. The molecule has 0 saturated carbocycles. The SMILES string of the molecule is CCN1/C(=C\C=C2\SC(=S)N(CC(=O)Cc3ccc4c(c3)C(C)(Cc3ccc(C(C)(C)C)cc3)C(/C=C/C=C/C=C3\C(Cc5ccc(C(C)(C)C)cc5)c5cc(CC(=O)CN6C(=O)/C(=C\C=C7/N(CC)c8ccc(C(F)(F)F)cc8C7(C)C)SC6=S)ccc5N3CCC(=O)O)N4CCC(=O)O)C2=O)C(C)(C)c2cc(C)ccc21. The van der Waals surface area contributed by atoms with Crippen LogP contribution in [0.5, 0.6) is 0 Å². The maximum atomic E-state index is 14.4. The van der Waals surface area contributed by atoms with E-state index < -0.39 is 46.5 Å². The molecule has 6 aromatic carbocycles. The van der Waals surface area contributed by atoms with Gasteiger partial charge in [0.15, 0.2) is 11.6 Å². The molecule has 0 bridgehead atoms. The molecule has 590 valence electrons. The normalized spacial score (nSPS) is 21.2. The number of thiocarbonyl (C=S) groups is 2. The molecular weight excluding hydrogens is 1500 g/mol. The van der Waals surface area contributed by atoms with Crippen LogP contribution in [0.3, 0.4) is 0 Å². The quantitative estimate of drug-likeness (QED) is 0.0316. The number of carboxylic acids is 2. The Kier molecular flexibility index (Phi) is 23.9. The first kappa shape index (κ1) is 83.0. The summed E-state index contributed by atoms with van der Waals surface area (Å²) in [4.78, 5) is 94.0. The van der Waals surface area contributed by atoms with E-state index in [1.54, 1.807) is 12.2 Å². The highest BCUT2D eigenvalue weighted by Crippen LogP contribution is 2.53. The van der Waals surface area contributed by atoms with Gasteiger partial charge in [-0.15, -0.1) is 0 Å². The Morgan fingerprint density at radius 2 is 0.982 bits per heavy atom. The second-order valence-corrected chi connectivity index (χ2v) is 36.9. The summed E-state index contributed by atoms with van der Waals surface area (Å²) in [7, 11) is 0. The minimum atomic E-state index is -4.52. The van der Waals surface area contributed by atoms with Gasteiger partial charge in [0, 0.05) is 101 Å². The summed E-state index contributed by atoms with van der Waals surface area (Å²) >= 11 is 13.8. The van der Waals surface area contributed by atoms with Gasteiger partial charge < -0.3 is 29.8 Å². The molecule has 3 atom stereocenters. The lowest BCUT2D eigenvalue weighted by molar-refractivity contribution is -0.138. The lowest BCUT2D eigenvalue weighted by Crippen LogP contribution is -2.44. The smallest absolute Gasteiger partial charge is 0.416 e. The predicted octanol–water partition coefficient (Wildman–Crippen LogP) is 19.2. The van der Waals surface area contributed by atoms with Crippen LogP contribution >= 0.6 is 48.0 Å². The summed E-state index contributed by atoms with van der Waals surface area (Å²) in [5.74, 6) is -3.49. The van der Waals surface area contributed by atoms with Gasteiger partial charge in [0.1, 0.15) is 8.64 Å². The Labute approximate surface area is 681 Å². The molecule has 2 amide bonds. The first-order valence-electron chi connectivity index (χ1n) is 38.5. The molecule has 2 fully saturated rings. The lowest BCUT2D eigenvalue weighted by atomic mass is 9.73. The summed E-state index contributed by atoms with van der Waals surface area (Å²) in [5.41, 5.74) is 13.9. The van der Waals surface area contributed by atoms with Crippen molar-refractivity contribution in [3.05, 3.63) is 270 Å². The van der Waals surface area contributed by atoms with Crippen molar-refractivity contribution in [2.24, 2.45) is 0 Å². The van der Waals surface area contributed by atoms with Gasteiger partial charge in [-0.2, -0.15) is 13.2 Å². The van der Waals surface area contributed by atoms with Gasteiger partial charge in [0.25, 0.3) is 11.8 Å². The number of fused-ring (bicyclic) bond motifs is 4. The van der Waals surface area contributed by atoms with E-state index >= 15 is 0 Å². The number of carboxylic acid groups (broad SMARTS) is 2. The van der Waals surface area contributed by atoms with Gasteiger partial charge in [-0.1, -0.05) is 239 Å². The van der Waals surface area contributed by atoms with Crippen LogP contribution in [0.4, 0.5) is 35.9 Å². The van der Waals surface area contributed by atoms with Crippen molar-refractivity contribution < 1.29 is 52.2 Å². The van der Waals surface area contributed by atoms with Crippen LogP contribution in [-0.2, 0) is 87.7 Å². The summed E-state index contributed by atoms with van der Waals surface area (Å²) in [6.07, 6.45) is 13.4. The molecule has 3 unspecified atom stereocenters. The molecule has 6 aromatic rings. The highest BCUT2D eigenvalue weighted by Gasteiger charge is 2.48. The van der Waals surface area contributed by atoms with Crippen molar-refractivity contribution in [3.63, 3.8) is 0 Å². The standard InChI is InChI=1S/C92H99F3N6O8S4/c1-15-96-73-34-22-56(3)46-68(73)89(10,11)78(96)40-38-76-84(109)101(86(111)112-76)55-65(103)48-60-28-36-75-70(51-60)91(14,53-58-25-31-62(32-26-58)88(7,8)9)80(99(75)45-43-82(106)107)21-19-17-18-20-71-66(49-57-23-29-61(30-24-57)87(4,5)6)67-50-59(27-35-72(67)98(71)44-42-81(104)105)47-64(102)54-100-83(108)77(113-85(100)110)39-41-79-90(12,13)69-52-63(92(93,94)95)33-37-74(69)97(79)16-2/h17-41,46,50-52,66,80H,15-16,42-45,47-49,53-55H2,1-14H3,(H,104,105)(H,106,107)/b18-17+,21-19+,71-20+,76-38+,77-39+,78-40-,79-41-. The Morgan fingerprint density at radius 1 is 0.513 bits per heavy atom. The van der Waals surface area contributed by atoms with E-state index in [1.165, 1.54) is 50.4 Å². The van der Waals surface area contributed by atoms with E-state index in [-0.39, 0.29) is 101 Å². The maximum Gasteiger partial charge on any atom is 0.416 e. The number of hydrogen-bond donors (Lipinski definition) is 2. The van der Waals surface area contributed by atoms with E-state index in [0.29, 0.717) is 51.1 Å². The highest BCUT2D eigenvalue weighted by molar-refractivity contribution is 8.27. The fraction of sp³-hybridized carbons (Fsp3) is 0.370. The largest absolute Gasteiger partial charge is 0.481 e. The number of aliphatic carboxylic acids is 2. The Bertz CT molecular complexity index is 5090. The van der Waals surface area contributed by atoms with Gasteiger partial charge in [0.2, 0.25) is 0 Å². The van der Waals surface area contributed by atoms with E-state index in [9.17, 15) is 52.2 Å². The van der Waals surface area contributed by atoms with Crippen LogP contribution in [0.1, 0.15) is 176 Å². The van der Waals surface area contributed by atoms with Gasteiger partial charge in [0.05, 0.1) is 47.3 Å². The van der Waals surface area contributed by atoms with Crippen molar-refractivity contribution in [1.29, 1.82) is 0 Å². The zero-order chi connectivity index (χ0) is 81.8. The number of halogens is 3. The number of thioether (sulfide) groups is 2. The number of rotatable bonds is 25. The number of allylic oxidation sites excluding steroid dienone is 11. The summed E-state index contributed by atoms with van der Waals surface area (Å²) in [6.45, 7) is 30.4. The number of Topliss-reactive ketones (excluding diaryl/α,β-unsaturated/α-hetero) is 2. The highest BCUT2D eigenvalue weighted by atomic mass is 32.2. The number of carbonyl (C=O) groups is 6. The molecule has 0 radical (unpaired) electrons. The van der Waals surface area contributed by atoms with Gasteiger partial charge in [-0.25, -0.2) is 0 Å². The second-order valence-electron chi connectivity index (χ2n) is 33.5. The summed E-state index contributed by atoms with van der Waals surface area (Å²) < 4.78 is 42.2. The molecule has 0 aromatic heterocycles. The minimum Gasteiger partial charge on any atom is -0.481 e. The van der Waals surface area contributed by atoms with Gasteiger partial charge in [-0.05, 0) is 167 Å². The fourth-order valence-electron chi connectivity index (χ4n) is 16.8. The number of ketones is 2. The number of benzene rings is 6. The van der Waals surface area contributed by atoms with Crippen LogP contribution in [-0.4, -0.2) is 109 Å². The molecule has 2 N–H and O–H groups in total. The summed E-state index contributed by atoms with van der Waals surface area (Å²) in [6, 6.07) is 38.7. The monoisotopic (exact) mass is 1600 g/mol. The molecule has 12 rings (SSSR count). The Hall–Kier alpha value is -9.41. The van der Waals surface area contributed by atoms with Gasteiger partial charge >= 0.3 is 18.1 Å². The number of anilines is 4. The van der Waals surface area contributed by atoms with Crippen molar-refractivity contribution in [3.8, 4) is 0 Å². The van der Waals surface area contributed by atoms with E-state index in [2.05, 4.69) is 165 Å². The van der Waals surface area contributed by atoms with E-state index in [0.717, 1.165) is 86.2 Å². The number of alkyl halides is 3. The number of carbonyl (C=O) groups excluding carboxylic acids is 4. The van der Waals surface area contributed by atoms with Crippen molar-refractivity contribution in [2.45, 2.75) is 181 Å². The first-order chi connectivity index (χ1) is 53.2. The predicted molar refractivity (Wildman–Crippen MR) is 458 cm³/mol. The minimum absolute atomic E-state index is 0.0138. The number of aryl methyl sites for hydroxylation is 1. The molecule has 21 heteroatoms. The van der Waals surface area contributed by atoms with Crippen molar-refractivity contribution >= 4 is 115 Å². The van der Waals surface area contributed by atoms with Crippen LogP contribution in [0, 0.1) is 6.92 Å². The third kappa shape index (κ3) is 17.2. The third-order valence-electron chi connectivity index (χ3n) is 22.9. The molecular formula is C92H99F3N6O8S4. The molecule has 6 aliphatic heterocycles. The maximum absolute atomic E-state index is 14.4. The van der Waals surface area contributed by atoms with Crippen molar-refractivity contribution in [1.82, 2.24) is 9.80 Å². The molecule has 0 spiro atoms. The number of likely N-dealkylation sites (N-methyl/N-ethyl adjacent to an activating group) is 2. The molecule has 113 heavy (non-hydrogen) atoms. The molecule has 2 saturated heterocycles. The van der Waals surface area contributed by atoms with Crippen LogP contribution in [0.15, 0.2) is 203 Å². The van der Waals surface area contributed by atoms with E-state index in [1.807, 2.05) is 97.4 Å². The number of nitrogens with zero attached hydrogens (tertiary/aromatic N) is 6. The van der Waals surface area contributed by atoms with E-state index in [4.69, 9.17) is 24.4 Å². The molecule has 14 nitrogen and oxygen atoms in total. The molecule has 6 heterocycles. The third-order valence-corrected chi connectivity index (χ3v) is 25.6. The average molecular weight is 1600 g/mol. The molecule has 6 aliphatic rings. The number of hydrogen-bond acceptors (Lipinski definition) is 14. The molecule has 0 aliphatic carbocycles. The second kappa shape index (κ2) is 32.5. The van der Waals surface area contributed by atoms with Crippen LogP contribution in [0.25, 0.3) is 0 Å².